The van der Waals surface area contributed by atoms with Crippen LogP contribution in [0.5, 0.6) is 0 Å². The SMILES string of the molecule is O=C(NCCNC(=O)[C@H]1CCCN1C(=O)C12CC3CC(CC(C3)C1)C2)c1ccc(F)cc1. The van der Waals surface area contributed by atoms with Crippen molar-refractivity contribution >= 4 is 17.7 Å². The number of rotatable bonds is 6. The third-order valence-electron chi connectivity index (χ3n) is 8.12. The summed E-state index contributed by atoms with van der Waals surface area (Å²) in [5.74, 6) is 1.49. The lowest BCUT2D eigenvalue weighted by molar-refractivity contribution is -0.160. The molecule has 5 aliphatic rings. The molecule has 2 N–H and O–H groups in total. The second-order valence-electron chi connectivity index (χ2n) is 10.4. The second kappa shape index (κ2) is 8.49. The van der Waals surface area contributed by atoms with E-state index in [9.17, 15) is 18.8 Å². The number of halogens is 1. The second-order valence-corrected chi connectivity index (χ2v) is 10.4. The Morgan fingerprint density at radius 3 is 2.16 bits per heavy atom. The molecule has 1 aliphatic heterocycles. The summed E-state index contributed by atoms with van der Waals surface area (Å²) in [4.78, 5) is 40.5. The zero-order valence-corrected chi connectivity index (χ0v) is 18.4. The van der Waals surface area contributed by atoms with E-state index >= 15 is 0 Å². The van der Waals surface area contributed by atoms with Crippen molar-refractivity contribution in [3.63, 3.8) is 0 Å². The number of likely N-dealkylation sites (tertiary alicyclic amines) is 1. The van der Waals surface area contributed by atoms with E-state index in [1.165, 1.54) is 43.5 Å². The van der Waals surface area contributed by atoms with E-state index in [1.54, 1.807) is 0 Å². The van der Waals surface area contributed by atoms with Gasteiger partial charge < -0.3 is 15.5 Å². The summed E-state index contributed by atoms with van der Waals surface area (Å²) in [6, 6.07) is 4.94. The summed E-state index contributed by atoms with van der Waals surface area (Å²) >= 11 is 0. The molecule has 0 radical (unpaired) electrons. The molecule has 3 amide bonds. The lowest BCUT2D eigenvalue weighted by Crippen LogP contribution is -2.57. The van der Waals surface area contributed by atoms with Crippen LogP contribution in [0.1, 0.15) is 61.7 Å². The normalized spacial score (nSPS) is 32.7. The number of nitrogens with one attached hydrogen (secondary N) is 2. The van der Waals surface area contributed by atoms with E-state index in [2.05, 4.69) is 10.6 Å². The molecule has 1 aromatic carbocycles. The molecule has 0 unspecified atom stereocenters. The number of amides is 3. The highest BCUT2D eigenvalue weighted by molar-refractivity contribution is 5.94. The molecule has 6 rings (SSSR count). The lowest BCUT2D eigenvalue weighted by atomic mass is 9.49. The van der Waals surface area contributed by atoms with Crippen molar-refractivity contribution in [2.75, 3.05) is 19.6 Å². The maximum Gasteiger partial charge on any atom is 0.251 e. The van der Waals surface area contributed by atoms with Crippen molar-refractivity contribution in [2.24, 2.45) is 23.2 Å². The number of carbonyl (C=O) groups is 3. The third kappa shape index (κ3) is 4.02. The van der Waals surface area contributed by atoms with Crippen molar-refractivity contribution in [3.05, 3.63) is 35.6 Å². The first-order valence-corrected chi connectivity index (χ1v) is 12.1. The number of benzene rings is 1. The molecule has 0 spiro atoms. The highest BCUT2D eigenvalue weighted by atomic mass is 19.1. The van der Waals surface area contributed by atoms with Gasteiger partial charge in [0, 0.05) is 25.2 Å². The van der Waals surface area contributed by atoms with E-state index in [4.69, 9.17) is 0 Å². The van der Waals surface area contributed by atoms with E-state index in [1.807, 2.05) is 4.90 Å². The van der Waals surface area contributed by atoms with Gasteiger partial charge >= 0.3 is 0 Å². The fourth-order valence-corrected chi connectivity index (χ4v) is 7.14. The Morgan fingerprint density at radius 1 is 0.938 bits per heavy atom. The Labute approximate surface area is 188 Å². The molecule has 5 fully saturated rings. The first-order valence-electron chi connectivity index (χ1n) is 12.1. The fraction of sp³-hybridized carbons (Fsp3) is 0.640. The fourth-order valence-electron chi connectivity index (χ4n) is 7.14. The summed E-state index contributed by atoms with van der Waals surface area (Å²) < 4.78 is 13.0. The van der Waals surface area contributed by atoms with Gasteiger partial charge in [-0.1, -0.05) is 0 Å². The molecule has 7 heteroatoms. The number of carbonyl (C=O) groups excluding carboxylic acids is 3. The van der Waals surface area contributed by atoms with Crippen molar-refractivity contribution < 1.29 is 18.8 Å². The summed E-state index contributed by atoms with van der Waals surface area (Å²) in [5.41, 5.74) is 0.154. The van der Waals surface area contributed by atoms with Crippen LogP contribution in [0.4, 0.5) is 4.39 Å². The summed E-state index contributed by atoms with van der Waals surface area (Å²) in [7, 11) is 0. The molecule has 4 saturated carbocycles. The molecule has 1 aromatic rings. The highest BCUT2D eigenvalue weighted by Gasteiger charge is 2.56. The first-order chi connectivity index (χ1) is 15.4. The van der Waals surface area contributed by atoms with Gasteiger partial charge in [0.2, 0.25) is 11.8 Å². The molecule has 1 heterocycles. The summed E-state index contributed by atoms with van der Waals surface area (Å²) in [6.07, 6.45) is 8.47. The molecule has 4 bridgehead atoms. The maximum absolute atomic E-state index is 13.7. The van der Waals surface area contributed by atoms with Crippen LogP contribution in [0.25, 0.3) is 0 Å². The minimum Gasteiger partial charge on any atom is -0.353 e. The van der Waals surface area contributed by atoms with Crippen LogP contribution in [0, 0.1) is 29.0 Å². The van der Waals surface area contributed by atoms with Gasteiger partial charge in [0.15, 0.2) is 0 Å². The summed E-state index contributed by atoms with van der Waals surface area (Å²) in [5, 5.41) is 5.62. The Balaban J connectivity index is 1.13. The molecule has 172 valence electrons. The molecular weight excluding hydrogens is 409 g/mol. The molecule has 6 nitrogen and oxygen atoms in total. The van der Waals surface area contributed by atoms with Crippen molar-refractivity contribution in [1.82, 2.24) is 15.5 Å². The molecular formula is C25H32FN3O3. The highest BCUT2D eigenvalue weighted by Crippen LogP contribution is 2.60. The number of hydrogen-bond acceptors (Lipinski definition) is 3. The topological polar surface area (TPSA) is 78.5 Å². The van der Waals surface area contributed by atoms with Crippen LogP contribution in [0.15, 0.2) is 24.3 Å². The van der Waals surface area contributed by atoms with Crippen LogP contribution < -0.4 is 10.6 Å². The van der Waals surface area contributed by atoms with Gasteiger partial charge in [-0.15, -0.1) is 0 Å². The van der Waals surface area contributed by atoms with E-state index < -0.39 is 11.9 Å². The van der Waals surface area contributed by atoms with Gasteiger partial charge in [-0.25, -0.2) is 4.39 Å². The largest absolute Gasteiger partial charge is 0.353 e. The summed E-state index contributed by atoms with van der Waals surface area (Å²) in [6.45, 7) is 1.24. The lowest BCUT2D eigenvalue weighted by Gasteiger charge is -2.56. The van der Waals surface area contributed by atoms with Gasteiger partial charge in [-0.05, 0) is 93.4 Å². The van der Waals surface area contributed by atoms with Crippen LogP contribution in [0.3, 0.4) is 0 Å². The first kappa shape index (κ1) is 21.4. The van der Waals surface area contributed by atoms with Crippen LogP contribution in [0.2, 0.25) is 0 Å². The number of hydrogen-bond donors (Lipinski definition) is 2. The predicted molar refractivity (Wildman–Crippen MR) is 117 cm³/mol. The van der Waals surface area contributed by atoms with Crippen molar-refractivity contribution in [1.29, 1.82) is 0 Å². The third-order valence-corrected chi connectivity index (χ3v) is 8.12. The van der Waals surface area contributed by atoms with Gasteiger partial charge in [-0.3, -0.25) is 14.4 Å². The molecule has 0 aromatic heterocycles. The van der Waals surface area contributed by atoms with Gasteiger partial charge in [0.1, 0.15) is 11.9 Å². The minimum atomic E-state index is -0.400. The molecule has 32 heavy (non-hydrogen) atoms. The molecule has 1 atom stereocenters. The Hall–Kier alpha value is -2.44. The minimum absolute atomic E-state index is 0.128. The molecule has 4 aliphatic carbocycles. The van der Waals surface area contributed by atoms with Gasteiger partial charge in [-0.2, -0.15) is 0 Å². The van der Waals surface area contributed by atoms with Crippen LogP contribution in [-0.4, -0.2) is 48.3 Å². The van der Waals surface area contributed by atoms with E-state index in [0.29, 0.717) is 42.8 Å². The Kier molecular flexibility index (Phi) is 5.68. The van der Waals surface area contributed by atoms with Crippen LogP contribution >= 0.6 is 0 Å². The average molecular weight is 442 g/mol. The predicted octanol–water partition coefficient (Wildman–Crippen LogP) is 2.88. The van der Waals surface area contributed by atoms with Crippen molar-refractivity contribution in [3.8, 4) is 0 Å². The Morgan fingerprint density at radius 2 is 1.53 bits per heavy atom. The maximum atomic E-state index is 13.7. The number of nitrogens with zero attached hydrogens (tertiary/aromatic N) is 1. The smallest absolute Gasteiger partial charge is 0.251 e. The van der Waals surface area contributed by atoms with Gasteiger partial charge in [0.25, 0.3) is 5.91 Å². The monoisotopic (exact) mass is 441 g/mol. The quantitative estimate of drug-likeness (QED) is 0.667. The molecule has 1 saturated heterocycles. The van der Waals surface area contributed by atoms with Gasteiger partial charge in [0.05, 0.1) is 5.41 Å². The zero-order chi connectivity index (χ0) is 22.3. The zero-order valence-electron chi connectivity index (χ0n) is 18.4. The van der Waals surface area contributed by atoms with Crippen LogP contribution in [-0.2, 0) is 9.59 Å². The van der Waals surface area contributed by atoms with E-state index in [-0.39, 0.29) is 29.7 Å². The van der Waals surface area contributed by atoms with Crippen molar-refractivity contribution in [2.45, 2.75) is 57.4 Å². The average Bonchev–Trinajstić information content (AvgIpc) is 3.25. The Bertz CT molecular complexity index is 865. The van der Waals surface area contributed by atoms with E-state index in [0.717, 1.165) is 25.7 Å². The standard InChI is InChI=1S/C25H32FN3O3/c26-20-5-3-19(4-6-20)22(30)27-7-8-28-23(31)21-2-1-9-29(21)24(32)25-13-16-10-17(14-25)12-18(11-16)15-25/h3-6,16-18,21H,1-2,7-15H2,(H,27,30)(H,28,31)/t16?,17?,18?,21-,25?/m1/s1.